The lowest BCUT2D eigenvalue weighted by Crippen LogP contribution is -2.19. The molecule has 1 aromatic carbocycles. The summed E-state index contributed by atoms with van der Waals surface area (Å²) in [5.41, 5.74) is 3.28. The number of amides is 2. The molecule has 5 nitrogen and oxygen atoms in total. The second-order valence-corrected chi connectivity index (χ2v) is 10.4. The number of para-hydroxylation sites is 1. The van der Waals surface area contributed by atoms with Gasteiger partial charge in [-0.05, 0) is 30.0 Å². The van der Waals surface area contributed by atoms with E-state index in [-0.39, 0.29) is 6.03 Å². The maximum absolute atomic E-state index is 12.2. The van der Waals surface area contributed by atoms with Crippen molar-refractivity contribution in [2.24, 2.45) is 10.9 Å². The van der Waals surface area contributed by atoms with Crippen LogP contribution in [0.4, 0.5) is 15.6 Å². The summed E-state index contributed by atoms with van der Waals surface area (Å²) in [7, 11) is 0. The number of nitrogens with zero attached hydrogens (tertiary/aromatic N) is 2. The highest BCUT2D eigenvalue weighted by atomic mass is 35.5. The van der Waals surface area contributed by atoms with Crippen molar-refractivity contribution in [2.75, 3.05) is 16.4 Å². The molecule has 2 aliphatic rings. The number of hydrogen-bond acceptors (Lipinski definition) is 5. The number of hydrogen-bond donors (Lipinski definition) is 2. The third kappa shape index (κ3) is 6.09. The number of carbonyl (C=O) groups excluding carboxylic acids is 1. The van der Waals surface area contributed by atoms with Gasteiger partial charge in [-0.1, -0.05) is 67.2 Å². The zero-order chi connectivity index (χ0) is 20.8. The summed E-state index contributed by atoms with van der Waals surface area (Å²) in [6, 6.07) is 6.77. The predicted molar refractivity (Wildman–Crippen MR) is 128 cm³/mol. The highest BCUT2D eigenvalue weighted by Crippen LogP contribution is 2.33. The molecule has 4 rings (SSSR count). The van der Waals surface area contributed by atoms with Crippen LogP contribution in [0.3, 0.4) is 0 Å². The van der Waals surface area contributed by atoms with Crippen LogP contribution in [-0.2, 0) is 0 Å². The van der Waals surface area contributed by atoms with Crippen LogP contribution in [0.5, 0.6) is 0 Å². The van der Waals surface area contributed by atoms with Crippen LogP contribution in [0.1, 0.15) is 44.9 Å². The van der Waals surface area contributed by atoms with Crippen molar-refractivity contribution in [3.05, 3.63) is 47.3 Å². The Balaban J connectivity index is 1.20. The van der Waals surface area contributed by atoms with Gasteiger partial charge in [-0.15, -0.1) is 11.8 Å². The molecule has 1 aliphatic heterocycles. The zero-order valence-electron chi connectivity index (χ0n) is 16.7. The molecule has 1 aromatic heterocycles. The number of nitrogens with one attached hydrogen (secondary N) is 2. The van der Waals surface area contributed by atoms with Gasteiger partial charge in [0.1, 0.15) is 0 Å². The van der Waals surface area contributed by atoms with Gasteiger partial charge in [0.05, 0.1) is 21.1 Å². The van der Waals surface area contributed by atoms with Crippen LogP contribution in [-0.4, -0.2) is 22.5 Å². The second-order valence-electron chi connectivity index (χ2n) is 7.70. The third-order valence-electron chi connectivity index (χ3n) is 5.34. The Morgan fingerprint density at radius 1 is 1.20 bits per heavy atom. The lowest BCUT2D eigenvalue weighted by molar-refractivity contribution is 0.262. The second kappa shape index (κ2) is 10.5. The molecule has 2 amide bonds. The van der Waals surface area contributed by atoms with E-state index in [1.807, 2.05) is 12.1 Å². The quantitative estimate of drug-likeness (QED) is 0.428. The number of aromatic nitrogens is 1. The molecule has 30 heavy (non-hydrogen) atoms. The van der Waals surface area contributed by atoms with Gasteiger partial charge in [-0.25, -0.2) is 9.78 Å². The average Bonchev–Trinajstić information content (AvgIpc) is 3.38. The van der Waals surface area contributed by atoms with E-state index in [0.717, 1.165) is 22.3 Å². The van der Waals surface area contributed by atoms with Crippen molar-refractivity contribution < 1.29 is 4.79 Å². The van der Waals surface area contributed by atoms with Crippen LogP contribution in [0, 0.1) is 5.92 Å². The van der Waals surface area contributed by atoms with Crippen LogP contribution >= 0.6 is 34.7 Å². The highest BCUT2D eigenvalue weighted by molar-refractivity contribution is 8.01. The summed E-state index contributed by atoms with van der Waals surface area (Å²) in [6.07, 6.45) is 13.0. The van der Waals surface area contributed by atoms with Crippen LogP contribution in [0.15, 0.2) is 51.4 Å². The van der Waals surface area contributed by atoms with Gasteiger partial charge < -0.3 is 5.32 Å². The van der Waals surface area contributed by atoms with Gasteiger partial charge in [-0.3, -0.25) is 10.3 Å². The summed E-state index contributed by atoms with van der Waals surface area (Å²) in [5, 5.41) is 6.56. The molecular weight excluding hydrogens is 436 g/mol. The minimum absolute atomic E-state index is 0.356. The SMILES string of the molecule is O=C(Nc1ncc(SCC2=NC=C(CC3CCCCC3)C2)s1)Nc1ccccc1Cl. The molecule has 0 bridgehead atoms. The smallest absolute Gasteiger partial charge is 0.306 e. The summed E-state index contributed by atoms with van der Waals surface area (Å²) < 4.78 is 1.06. The molecule has 8 heteroatoms. The molecule has 1 aliphatic carbocycles. The standard InChI is InChI=1S/C22H25ClN4OS2/c23-18-8-4-5-9-19(18)26-21(28)27-22-25-13-20(30-22)29-14-17-11-16(12-24-17)10-15-6-2-1-3-7-15/h4-5,8-9,12-13,15H,1-3,6-7,10-11,14H2,(H2,25,26,27,28). The Labute approximate surface area is 190 Å². The Hall–Kier alpha value is -1.83. The fourth-order valence-corrected chi connectivity index (χ4v) is 5.85. The van der Waals surface area contributed by atoms with Crippen molar-refractivity contribution in [2.45, 2.75) is 49.2 Å². The van der Waals surface area contributed by atoms with E-state index in [1.165, 1.54) is 61.1 Å². The van der Waals surface area contributed by atoms with Gasteiger partial charge in [0.25, 0.3) is 0 Å². The zero-order valence-corrected chi connectivity index (χ0v) is 19.1. The number of urea groups is 1. The van der Waals surface area contributed by atoms with E-state index in [4.69, 9.17) is 11.6 Å². The molecule has 0 saturated heterocycles. The maximum Gasteiger partial charge on any atom is 0.325 e. The summed E-state index contributed by atoms with van der Waals surface area (Å²) >= 11 is 9.25. The molecule has 2 N–H and O–H groups in total. The Morgan fingerprint density at radius 3 is 2.87 bits per heavy atom. The average molecular weight is 461 g/mol. The summed E-state index contributed by atoms with van der Waals surface area (Å²) in [4.78, 5) is 21.1. The van der Waals surface area contributed by atoms with E-state index in [9.17, 15) is 4.79 Å². The normalized spacial score (nSPS) is 16.8. The van der Waals surface area contributed by atoms with Crippen LogP contribution < -0.4 is 10.6 Å². The molecule has 1 saturated carbocycles. The summed E-state index contributed by atoms with van der Waals surface area (Å²) in [5.74, 6) is 1.72. The number of thiazole rings is 1. The van der Waals surface area contributed by atoms with Crippen LogP contribution in [0.25, 0.3) is 0 Å². The first-order valence-electron chi connectivity index (χ1n) is 10.3. The van der Waals surface area contributed by atoms with Gasteiger partial charge in [0.15, 0.2) is 5.13 Å². The number of aliphatic imine (C=N–C) groups is 1. The third-order valence-corrected chi connectivity index (χ3v) is 7.85. The number of allylic oxidation sites excluding steroid dienone is 1. The first kappa shape index (κ1) is 21.4. The largest absolute Gasteiger partial charge is 0.325 e. The molecule has 158 valence electrons. The molecule has 2 aromatic rings. The van der Waals surface area contributed by atoms with Crippen molar-refractivity contribution in [3.63, 3.8) is 0 Å². The van der Waals surface area contributed by atoms with E-state index in [1.54, 1.807) is 30.1 Å². The molecule has 0 spiro atoms. The molecule has 1 fully saturated rings. The van der Waals surface area contributed by atoms with Gasteiger partial charge in [0, 0.05) is 24.1 Å². The van der Waals surface area contributed by atoms with Crippen molar-refractivity contribution in [1.29, 1.82) is 0 Å². The minimum Gasteiger partial charge on any atom is -0.306 e. The van der Waals surface area contributed by atoms with Crippen molar-refractivity contribution in [1.82, 2.24) is 4.98 Å². The minimum atomic E-state index is -0.356. The summed E-state index contributed by atoms with van der Waals surface area (Å²) in [6.45, 7) is 0. The van der Waals surface area contributed by atoms with Crippen LogP contribution in [0.2, 0.25) is 5.02 Å². The van der Waals surface area contributed by atoms with Gasteiger partial charge in [0.2, 0.25) is 0 Å². The van der Waals surface area contributed by atoms with E-state index < -0.39 is 0 Å². The lowest BCUT2D eigenvalue weighted by atomic mass is 9.84. The van der Waals surface area contributed by atoms with E-state index >= 15 is 0 Å². The number of rotatable bonds is 7. The fourth-order valence-electron chi connectivity index (χ4n) is 3.86. The number of thioether (sulfide) groups is 1. The van der Waals surface area contributed by atoms with E-state index in [2.05, 4.69) is 26.8 Å². The number of anilines is 2. The van der Waals surface area contributed by atoms with E-state index in [0.29, 0.717) is 15.8 Å². The Bertz CT molecular complexity index is 950. The molecule has 0 radical (unpaired) electrons. The monoisotopic (exact) mass is 460 g/mol. The highest BCUT2D eigenvalue weighted by Gasteiger charge is 2.18. The molecule has 0 atom stereocenters. The molecule has 2 heterocycles. The number of halogens is 1. The maximum atomic E-state index is 12.2. The van der Waals surface area contributed by atoms with Gasteiger partial charge >= 0.3 is 6.03 Å². The fraction of sp³-hybridized carbons (Fsp3) is 0.409. The van der Waals surface area contributed by atoms with Gasteiger partial charge in [-0.2, -0.15) is 0 Å². The lowest BCUT2D eigenvalue weighted by Gasteiger charge is -2.21. The molecule has 0 unspecified atom stereocenters. The first-order valence-corrected chi connectivity index (χ1v) is 12.5. The molecular formula is C22H25ClN4OS2. The predicted octanol–water partition coefficient (Wildman–Crippen LogP) is 7.23. The Kier molecular flexibility index (Phi) is 7.47. The first-order chi connectivity index (χ1) is 14.7. The Morgan fingerprint density at radius 2 is 2.03 bits per heavy atom. The number of benzene rings is 1. The van der Waals surface area contributed by atoms with Crippen molar-refractivity contribution in [3.8, 4) is 0 Å². The number of carbonyl (C=O) groups is 1. The van der Waals surface area contributed by atoms with Crippen molar-refractivity contribution >= 4 is 57.3 Å². The topological polar surface area (TPSA) is 66.4 Å².